The van der Waals surface area contributed by atoms with Crippen molar-refractivity contribution < 1.29 is 23.4 Å². The van der Waals surface area contributed by atoms with Crippen molar-refractivity contribution >= 4 is 17.9 Å². The van der Waals surface area contributed by atoms with Crippen LogP contribution in [0.1, 0.15) is 18.1 Å². The van der Waals surface area contributed by atoms with Gasteiger partial charge < -0.3 is 14.2 Å². The summed E-state index contributed by atoms with van der Waals surface area (Å²) in [6.07, 6.45) is 1.59. The molecule has 0 amide bonds. The maximum absolute atomic E-state index is 13.0. The van der Waals surface area contributed by atoms with Crippen molar-refractivity contribution in [1.82, 2.24) is 0 Å². The van der Waals surface area contributed by atoms with Crippen LogP contribution in [0.5, 0.6) is 11.5 Å². The summed E-state index contributed by atoms with van der Waals surface area (Å²) < 4.78 is 29.2. The van der Waals surface area contributed by atoms with Gasteiger partial charge in [0.1, 0.15) is 12.4 Å². The summed E-state index contributed by atoms with van der Waals surface area (Å²) >= 11 is 0. The molecule has 138 valence electrons. The third-order valence-electron chi connectivity index (χ3n) is 3.68. The highest BCUT2D eigenvalue weighted by Crippen LogP contribution is 2.30. The van der Waals surface area contributed by atoms with E-state index in [-0.39, 0.29) is 17.4 Å². The minimum absolute atomic E-state index is 0.139. The number of rotatable bonds is 6. The normalized spacial score (nSPS) is 14.7. The lowest BCUT2D eigenvalue weighted by Crippen LogP contribution is -2.05. The predicted octanol–water partition coefficient (Wildman–Crippen LogP) is 4.13. The van der Waals surface area contributed by atoms with Crippen LogP contribution in [0.2, 0.25) is 0 Å². The smallest absolute Gasteiger partial charge is 0.363 e. The Labute approximate surface area is 156 Å². The molecule has 0 saturated carbocycles. The van der Waals surface area contributed by atoms with E-state index < -0.39 is 5.97 Å². The van der Waals surface area contributed by atoms with Gasteiger partial charge in [0.2, 0.25) is 5.90 Å². The van der Waals surface area contributed by atoms with Crippen LogP contribution in [0.4, 0.5) is 4.39 Å². The first-order valence-electron chi connectivity index (χ1n) is 8.20. The Hall–Kier alpha value is -3.41. The molecule has 6 heteroatoms. The number of halogens is 1. The van der Waals surface area contributed by atoms with Crippen LogP contribution in [-0.2, 0) is 9.53 Å². The monoisotopic (exact) mass is 367 g/mol. The summed E-state index contributed by atoms with van der Waals surface area (Å²) in [4.78, 5) is 16.3. The van der Waals surface area contributed by atoms with E-state index in [1.54, 1.807) is 24.3 Å². The van der Waals surface area contributed by atoms with Crippen LogP contribution < -0.4 is 9.47 Å². The third kappa shape index (κ3) is 4.41. The van der Waals surface area contributed by atoms with Crippen molar-refractivity contribution in [3.05, 3.63) is 77.3 Å². The summed E-state index contributed by atoms with van der Waals surface area (Å²) in [6.45, 7) is 6.05. The topological polar surface area (TPSA) is 57.1 Å². The van der Waals surface area contributed by atoms with Gasteiger partial charge in [-0.25, -0.2) is 14.2 Å². The number of cyclic esters (lactones) is 1. The molecule has 0 aliphatic carbocycles. The van der Waals surface area contributed by atoms with Gasteiger partial charge in [-0.3, -0.25) is 0 Å². The zero-order valence-corrected chi connectivity index (χ0v) is 15.0. The number of aliphatic imine (C=N–C) groups is 1. The summed E-state index contributed by atoms with van der Waals surface area (Å²) in [5.74, 6) is 0.294. The molecule has 3 rings (SSSR count). The number of benzene rings is 2. The molecule has 0 unspecified atom stereocenters. The first kappa shape index (κ1) is 18.4. The van der Waals surface area contributed by atoms with Gasteiger partial charge >= 0.3 is 5.97 Å². The van der Waals surface area contributed by atoms with Crippen molar-refractivity contribution in [3.8, 4) is 11.5 Å². The van der Waals surface area contributed by atoms with E-state index in [4.69, 9.17) is 14.2 Å². The van der Waals surface area contributed by atoms with E-state index in [0.717, 1.165) is 5.57 Å². The minimum atomic E-state index is -0.573. The molecule has 1 heterocycles. The summed E-state index contributed by atoms with van der Waals surface area (Å²) in [5.41, 5.74) is 2.26. The quantitative estimate of drug-likeness (QED) is 0.438. The van der Waals surface area contributed by atoms with Gasteiger partial charge in [-0.15, -0.1) is 0 Å². The highest BCUT2D eigenvalue weighted by Gasteiger charge is 2.24. The molecular weight excluding hydrogens is 349 g/mol. The molecule has 0 bridgehead atoms. The first-order valence-corrected chi connectivity index (χ1v) is 8.20. The Morgan fingerprint density at radius 2 is 1.96 bits per heavy atom. The van der Waals surface area contributed by atoms with Gasteiger partial charge in [-0.1, -0.05) is 12.6 Å². The maximum Gasteiger partial charge on any atom is 0.363 e. The number of esters is 1. The molecule has 0 radical (unpaired) electrons. The Morgan fingerprint density at radius 1 is 1.22 bits per heavy atom. The van der Waals surface area contributed by atoms with Crippen LogP contribution in [-0.4, -0.2) is 25.6 Å². The second-order valence-electron chi connectivity index (χ2n) is 6.00. The third-order valence-corrected chi connectivity index (χ3v) is 3.68. The number of nitrogens with zero attached hydrogens (tertiary/aromatic N) is 1. The fraction of sp³-hybridized carbons (Fsp3) is 0.143. The molecule has 0 N–H and O–H groups in total. The Balaban J connectivity index is 1.85. The average molecular weight is 367 g/mol. The minimum Gasteiger partial charge on any atom is -0.493 e. The Kier molecular flexibility index (Phi) is 5.35. The number of methoxy groups -OCH3 is 1. The average Bonchev–Trinajstić information content (AvgIpc) is 3.01. The van der Waals surface area contributed by atoms with E-state index >= 15 is 0 Å². The lowest BCUT2D eigenvalue weighted by atomic mass is 10.1. The van der Waals surface area contributed by atoms with Gasteiger partial charge in [-0.05, 0) is 60.5 Å². The molecule has 1 aliphatic rings. The van der Waals surface area contributed by atoms with Gasteiger partial charge in [0.15, 0.2) is 17.2 Å². The van der Waals surface area contributed by atoms with Crippen molar-refractivity contribution in [3.63, 3.8) is 0 Å². The lowest BCUT2D eigenvalue weighted by molar-refractivity contribution is -0.129. The van der Waals surface area contributed by atoms with Crippen LogP contribution >= 0.6 is 0 Å². The number of hydrogen-bond acceptors (Lipinski definition) is 5. The van der Waals surface area contributed by atoms with Crippen LogP contribution in [0.25, 0.3) is 6.08 Å². The van der Waals surface area contributed by atoms with Crippen molar-refractivity contribution in [1.29, 1.82) is 0 Å². The van der Waals surface area contributed by atoms with Crippen molar-refractivity contribution in [2.75, 3.05) is 13.7 Å². The van der Waals surface area contributed by atoms with Gasteiger partial charge in [-0.2, -0.15) is 0 Å². The fourth-order valence-corrected chi connectivity index (χ4v) is 2.38. The molecule has 1 aliphatic heterocycles. The number of carbonyl (C=O) groups is 1. The van der Waals surface area contributed by atoms with E-state index in [2.05, 4.69) is 11.6 Å². The molecule has 2 aromatic rings. The van der Waals surface area contributed by atoms with Crippen molar-refractivity contribution in [2.45, 2.75) is 6.92 Å². The Bertz CT molecular complexity index is 945. The molecule has 0 aromatic heterocycles. The van der Waals surface area contributed by atoms with Crippen LogP contribution in [0.3, 0.4) is 0 Å². The van der Waals surface area contributed by atoms with E-state index in [1.807, 2.05) is 6.92 Å². The summed E-state index contributed by atoms with van der Waals surface area (Å²) in [7, 11) is 1.54. The van der Waals surface area contributed by atoms with Crippen LogP contribution in [0.15, 0.2) is 65.3 Å². The van der Waals surface area contributed by atoms with E-state index in [0.29, 0.717) is 29.2 Å². The number of ether oxygens (including phenoxy) is 3. The number of carbonyl (C=O) groups excluding carboxylic acids is 1. The summed E-state index contributed by atoms with van der Waals surface area (Å²) in [5, 5.41) is 0. The molecule has 0 saturated heterocycles. The zero-order chi connectivity index (χ0) is 19.4. The molecule has 5 nitrogen and oxygen atoms in total. The second kappa shape index (κ2) is 7.86. The molecule has 0 fully saturated rings. The summed E-state index contributed by atoms with van der Waals surface area (Å²) in [6, 6.07) is 10.8. The van der Waals surface area contributed by atoms with Gasteiger partial charge in [0, 0.05) is 5.56 Å². The fourth-order valence-electron chi connectivity index (χ4n) is 2.38. The highest BCUT2D eigenvalue weighted by molar-refractivity contribution is 6.12. The first-order chi connectivity index (χ1) is 13.0. The second-order valence-corrected chi connectivity index (χ2v) is 6.00. The van der Waals surface area contributed by atoms with Crippen LogP contribution in [0, 0.1) is 5.82 Å². The molecule has 27 heavy (non-hydrogen) atoms. The molecule has 0 spiro atoms. The molecular formula is C21H18FNO4. The molecule has 0 atom stereocenters. The lowest BCUT2D eigenvalue weighted by Gasteiger charge is -2.11. The highest BCUT2D eigenvalue weighted by atomic mass is 19.1. The largest absolute Gasteiger partial charge is 0.493 e. The zero-order valence-electron chi connectivity index (χ0n) is 15.0. The predicted molar refractivity (Wildman–Crippen MR) is 100 cm³/mol. The van der Waals surface area contributed by atoms with Gasteiger partial charge in [0.05, 0.1) is 7.11 Å². The van der Waals surface area contributed by atoms with E-state index in [1.165, 1.54) is 31.4 Å². The van der Waals surface area contributed by atoms with E-state index in [9.17, 15) is 9.18 Å². The standard InChI is InChI=1S/C21H18FNO4/c1-13(2)12-26-18-9-4-14(11-19(18)25-3)10-17-21(24)27-20(23-17)15-5-7-16(22)8-6-15/h4-11H,1,12H2,2-3H3/b17-10-. The van der Waals surface area contributed by atoms with Gasteiger partial charge in [0.25, 0.3) is 0 Å². The SMILES string of the molecule is C=C(C)COc1ccc(/C=C2\N=C(c3ccc(F)cc3)OC2=O)cc1OC. The molecule has 2 aromatic carbocycles. The van der Waals surface area contributed by atoms with Crippen molar-refractivity contribution in [2.24, 2.45) is 4.99 Å². The Morgan fingerprint density at radius 3 is 2.63 bits per heavy atom. The maximum atomic E-state index is 13.0. The number of hydrogen-bond donors (Lipinski definition) is 0.